The molecule has 116 heavy (non-hydrogen) atoms. The van der Waals surface area contributed by atoms with Gasteiger partial charge in [-0.25, -0.2) is 4.79 Å². The first-order chi connectivity index (χ1) is 56.3. The van der Waals surface area contributed by atoms with Crippen LogP contribution >= 0.6 is 0 Å². The van der Waals surface area contributed by atoms with Crippen molar-refractivity contribution < 1.29 is 53.1 Å². The van der Waals surface area contributed by atoms with E-state index in [1.807, 2.05) is 121 Å². The monoisotopic (exact) mass is 1590 g/mol. The molecule has 5 heterocycles. The largest absolute Gasteiger partial charge is 0.480 e. The molecule has 0 bridgehead atoms. The Labute approximate surface area is 672 Å². The van der Waals surface area contributed by atoms with Gasteiger partial charge in [-0.2, -0.15) is 0 Å². The number of hydrogen-bond acceptors (Lipinski definition) is 16. The fourth-order valence-corrected chi connectivity index (χ4v) is 14.8. The highest BCUT2D eigenvalue weighted by Gasteiger charge is 2.38. The van der Waals surface area contributed by atoms with Gasteiger partial charge in [0, 0.05) is 118 Å². The average Bonchev–Trinajstić information content (AvgIpc) is 1.62. The van der Waals surface area contributed by atoms with Crippen molar-refractivity contribution in [3.05, 3.63) is 180 Å². The van der Waals surface area contributed by atoms with Crippen LogP contribution in [-0.2, 0) is 80.0 Å². The van der Waals surface area contributed by atoms with Gasteiger partial charge in [-0.05, 0) is 181 Å². The zero-order valence-electron chi connectivity index (χ0n) is 65.4. The number of H-pyrrole nitrogens is 5. The molecule has 0 aliphatic rings. The number of aromatic amines is 5. The molecule has 0 radical (unpaired) electrons. The number of rotatable bonds is 49. The number of aromatic nitrogens is 5. The fraction of sp³-hybridized carbons (Fsp3) is 0.412. The quantitative estimate of drug-likeness (QED) is 0.0239. The Morgan fingerprint density at radius 1 is 0.259 bits per heavy atom. The molecule has 0 saturated carbocycles. The second kappa shape index (κ2) is 43.7. The minimum atomic E-state index is -1.50. The number of nitrogens with two attached hydrogens (primary N) is 6. The van der Waals surface area contributed by atoms with Gasteiger partial charge in [0.05, 0.1) is 6.04 Å². The molecule has 10 rings (SSSR count). The maximum atomic E-state index is 15.8. The van der Waals surface area contributed by atoms with Gasteiger partial charge in [-0.3, -0.25) is 43.2 Å². The third kappa shape index (κ3) is 23.9. The van der Waals surface area contributed by atoms with Crippen LogP contribution in [0.2, 0.25) is 0 Å². The van der Waals surface area contributed by atoms with Crippen LogP contribution in [0.4, 0.5) is 0 Å². The third-order valence-corrected chi connectivity index (χ3v) is 21.3. The molecule has 0 aliphatic heterocycles. The normalized spacial score (nSPS) is 14.2. The summed E-state index contributed by atoms with van der Waals surface area (Å²) < 4.78 is 0. The van der Waals surface area contributed by atoms with Gasteiger partial charge in [0.2, 0.25) is 53.2 Å². The lowest BCUT2D eigenvalue weighted by Crippen LogP contribution is -2.61. The van der Waals surface area contributed by atoms with Crippen LogP contribution in [0.3, 0.4) is 0 Å². The van der Waals surface area contributed by atoms with Crippen LogP contribution in [-0.4, -0.2) is 182 Å². The summed E-state index contributed by atoms with van der Waals surface area (Å²) in [6.45, 7) is 1.46. The summed E-state index contributed by atoms with van der Waals surface area (Å²) in [4.78, 5) is 165. The van der Waals surface area contributed by atoms with Crippen molar-refractivity contribution in [2.24, 2.45) is 34.4 Å². The molecule has 10 aromatic rings. The highest BCUT2D eigenvalue weighted by Crippen LogP contribution is 2.26. The fourth-order valence-electron chi connectivity index (χ4n) is 14.8. The van der Waals surface area contributed by atoms with Crippen molar-refractivity contribution in [2.75, 3.05) is 32.7 Å². The van der Waals surface area contributed by atoms with Gasteiger partial charge >= 0.3 is 5.97 Å². The van der Waals surface area contributed by atoms with E-state index in [9.17, 15) is 29.1 Å². The van der Waals surface area contributed by atoms with Crippen LogP contribution in [0.5, 0.6) is 0 Å². The predicted molar refractivity (Wildman–Crippen MR) is 448 cm³/mol. The van der Waals surface area contributed by atoms with Crippen molar-refractivity contribution in [1.29, 1.82) is 0 Å². The van der Waals surface area contributed by atoms with Crippen molar-refractivity contribution in [1.82, 2.24) is 72.8 Å². The molecule has 0 aliphatic carbocycles. The van der Waals surface area contributed by atoms with Crippen LogP contribution in [0, 0.1) is 0 Å². The summed E-state index contributed by atoms with van der Waals surface area (Å²) in [5.41, 5.74) is 42.8. The van der Waals surface area contributed by atoms with Gasteiger partial charge in [0.15, 0.2) is 0 Å². The molecule has 0 saturated heterocycles. The van der Waals surface area contributed by atoms with E-state index in [2.05, 4.69) is 72.8 Å². The maximum absolute atomic E-state index is 15.8. The Hall–Kier alpha value is -11.7. The Morgan fingerprint density at radius 3 is 0.681 bits per heavy atom. The van der Waals surface area contributed by atoms with E-state index in [-0.39, 0.29) is 77.4 Å². The highest BCUT2D eigenvalue weighted by atomic mass is 16.4. The lowest BCUT2D eigenvalue weighted by Gasteiger charge is -2.28. The number of carbonyl (C=O) groups is 10. The average molecular weight is 1590 g/mol. The summed E-state index contributed by atoms with van der Waals surface area (Å²) >= 11 is 0. The third-order valence-electron chi connectivity index (χ3n) is 21.3. The van der Waals surface area contributed by atoms with Gasteiger partial charge in [-0.15, -0.1) is 0 Å². The van der Waals surface area contributed by atoms with Gasteiger partial charge in [0.25, 0.3) is 0 Å². The first kappa shape index (κ1) is 86.7. The number of amides is 9. The van der Waals surface area contributed by atoms with Crippen molar-refractivity contribution in [2.45, 2.75) is 189 Å². The van der Waals surface area contributed by atoms with Crippen molar-refractivity contribution >= 4 is 114 Å². The highest BCUT2D eigenvalue weighted by molar-refractivity contribution is 6.00. The summed E-state index contributed by atoms with van der Waals surface area (Å²) in [5, 5.41) is 40.1. The van der Waals surface area contributed by atoms with E-state index in [1.54, 1.807) is 31.0 Å². The molecule has 31 nitrogen and oxygen atoms in total. The standard InChI is InChI=1S/C85H112N20O11/c86-36-16-11-26-61(91)76(106)97-67(32-12-17-37-87)78(108)101-73(43-53-48-94-64-29-8-3-23-58(53)64)83(113)104-72(42-52-47-93-63-28-7-2-22-57(52)63)82(112)100-69(34-14-19-39-89)79(109)102-74(44-54-49-95-65-30-9-4-24-59(54)65)84(114)103-71(41-51-46-92-62-27-6-1-21-56(51)62)81(111)99-68(33-13-18-38-88)77(107)98-70(35-15-20-40-90)80(110)105-75(85(115)116)45-55-50-96-66-31-10-5-25-60(55)66/h1-10,21-25,27-31,46-50,61,67-75,92-96H,11-20,26,32-45,86-91H2,(H,97,106)(H,98,107)(H,99,111)(H,100,112)(H,101,108)(H,102,109)(H,103,114)(H,104,113)(H,105,110)(H,115,116)/t61-,67-,68-,69-,70-,71-,72-,73-,74-,75-/m0/s1. The molecule has 9 amide bonds. The zero-order chi connectivity index (χ0) is 82.5. The van der Waals surface area contributed by atoms with Crippen molar-refractivity contribution in [3.63, 3.8) is 0 Å². The SMILES string of the molecule is NCCCC[C@H](NC(=O)[C@H](CCCCN)NC(=O)[C@H](Cc1c[nH]c2ccccc12)NC(=O)[C@H](Cc1c[nH]c2ccccc12)NC(=O)[C@H](CCCCN)NC(=O)[C@H](Cc1c[nH]c2ccccc12)NC(=O)[C@H](Cc1c[nH]c2ccccc12)NC(=O)[C@H](CCCCN)NC(=O)[C@@H](N)CCCCN)C(=O)N[C@@H](Cc1c[nH]c2ccccc12)C(=O)O. The van der Waals surface area contributed by atoms with E-state index in [4.69, 9.17) is 34.4 Å². The summed E-state index contributed by atoms with van der Waals surface area (Å²) in [7, 11) is 0. The second-order valence-electron chi connectivity index (χ2n) is 29.7. The van der Waals surface area contributed by atoms with E-state index < -0.39 is 120 Å². The Morgan fingerprint density at radius 2 is 0.448 bits per heavy atom. The lowest BCUT2D eigenvalue weighted by atomic mass is 9.99. The van der Waals surface area contributed by atoms with Gasteiger partial charge in [-0.1, -0.05) is 97.4 Å². The van der Waals surface area contributed by atoms with E-state index in [1.165, 1.54) is 0 Å². The number of fused-ring (bicyclic) bond motifs is 5. The number of unbranched alkanes of at least 4 members (excludes halogenated alkanes) is 5. The van der Waals surface area contributed by atoms with Gasteiger partial charge < -0.3 is 112 Å². The number of aliphatic carboxylic acids is 1. The zero-order valence-corrected chi connectivity index (χ0v) is 65.4. The van der Waals surface area contributed by atoms with Gasteiger partial charge in [0.1, 0.15) is 54.4 Å². The van der Waals surface area contributed by atoms with E-state index in [0.717, 1.165) is 54.5 Å². The minimum Gasteiger partial charge on any atom is -0.480 e. The molecule has 0 fully saturated rings. The molecule has 5 aromatic carbocycles. The number of carboxylic acid groups (broad SMARTS) is 1. The molecule has 31 heteroatoms. The van der Waals surface area contributed by atoms with E-state index in [0.29, 0.717) is 112 Å². The number of nitrogens with one attached hydrogen (secondary N) is 14. The topological polar surface area (TPSA) is 534 Å². The predicted octanol–water partition coefficient (Wildman–Crippen LogP) is 4.03. The summed E-state index contributed by atoms with van der Waals surface area (Å²) in [5.74, 6) is -8.15. The number of carbonyl (C=O) groups excluding carboxylic acids is 9. The summed E-state index contributed by atoms with van der Waals surface area (Å²) in [6.07, 6.45) is 13.0. The second-order valence-corrected chi connectivity index (χ2v) is 29.7. The van der Waals surface area contributed by atoms with Crippen LogP contribution in [0.25, 0.3) is 54.5 Å². The van der Waals surface area contributed by atoms with Crippen molar-refractivity contribution in [3.8, 4) is 0 Å². The van der Waals surface area contributed by atoms with Crippen LogP contribution in [0.1, 0.15) is 124 Å². The molecule has 0 spiro atoms. The molecule has 27 N–H and O–H groups in total. The molecule has 5 aromatic heterocycles. The number of benzene rings is 5. The van der Waals surface area contributed by atoms with E-state index >= 15 is 24.0 Å². The summed E-state index contributed by atoms with van der Waals surface area (Å²) in [6, 6.07) is 23.5. The minimum absolute atomic E-state index is 0.0168. The molecule has 618 valence electrons. The lowest BCUT2D eigenvalue weighted by molar-refractivity contribution is -0.142. The molecule has 0 unspecified atom stereocenters. The maximum Gasteiger partial charge on any atom is 0.326 e. The first-order valence-corrected chi connectivity index (χ1v) is 40.2. The number of para-hydroxylation sites is 5. The number of hydrogen-bond donors (Lipinski definition) is 21. The Kier molecular flexibility index (Phi) is 32.6. The van der Waals surface area contributed by atoms with Crippen LogP contribution in [0.15, 0.2) is 152 Å². The molecular formula is C85H112N20O11. The van der Waals surface area contributed by atoms with Crippen LogP contribution < -0.4 is 82.3 Å². The number of carboxylic acids is 1. The molecule has 10 atom stereocenters. The Balaban J connectivity index is 0.950. The Bertz CT molecular complexity index is 4950. The first-order valence-electron chi connectivity index (χ1n) is 40.2. The smallest absolute Gasteiger partial charge is 0.326 e. The molecular weight excluding hydrogens is 1480 g/mol.